The number of hydrogen-bond donors (Lipinski definition) is 2. The van der Waals surface area contributed by atoms with E-state index in [0.29, 0.717) is 13.2 Å². The van der Waals surface area contributed by atoms with Gasteiger partial charge in [0.15, 0.2) is 5.76 Å². The Balaban J connectivity index is 2.00. The van der Waals surface area contributed by atoms with Crippen LogP contribution in [0.4, 0.5) is 0 Å². The van der Waals surface area contributed by atoms with Gasteiger partial charge < -0.3 is 20.5 Å². The van der Waals surface area contributed by atoms with Gasteiger partial charge >= 0.3 is 0 Å². The smallest absolute Gasteiger partial charge is 0.258 e. The highest BCUT2D eigenvalue weighted by molar-refractivity contribution is 5.09. The van der Waals surface area contributed by atoms with Crippen LogP contribution in [0.2, 0.25) is 0 Å². The summed E-state index contributed by atoms with van der Waals surface area (Å²) in [5.74, 6) is 0.864. The van der Waals surface area contributed by atoms with Crippen LogP contribution >= 0.6 is 0 Å². The van der Waals surface area contributed by atoms with E-state index in [1.807, 2.05) is 13.1 Å². The molecular formula is C7H14N2O2. The van der Waals surface area contributed by atoms with Gasteiger partial charge in [-0.1, -0.05) is 0 Å². The van der Waals surface area contributed by atoms with E-state index in [9.17, 15) is 0 Å². The number of nitrogens with two attached hydrogens (primary N) is 1. The van der Waals surface area contributed by atoms with Crippen LogP contribution in [0.3, 0.4) is 0 Å². The number of epoxide rings is 1. The summed E-state index contributed by atoms with van der Waals surface area (Å²) < 4.78 is 10.3. The van der Waals surface area contributed by atoms with E-state index in [-0.39, 0.29) is 6.29 Å². The molecule has 4 heteroatoms. The molecule has 3 N–H and O–H groups in total. The van der Waals surface area contributed by atoms with Crippen molar-refractivity contribution in [1.29, 1.82) is 0 Å². The third-order valence-corrected chi connectivity index (χ3v) is 1.36. The van der Waals surface area contributed by atoms with Crippen LogP contribution in [0.25, 0.3) is 0 Å². The Labute approximate surface area is 66.4 Å². The minimum absolute atomic E-state index is 0.119. The molecule has 1 aliphatic heterocycles. The first-order valence-corrected chi connectivity index (χ1v) is 3.71. The maximum Gasteiger partial charge on any atom is 0.258 e. The van der Waals surface area contributed by atoms with Crippen molar-refractivity contribution in [3.05, 3.63) is 11.8 Å². The van der Waals surface area contributed by atoms with E-state index < -0.39 is 0 Å². The third kappa shape index (κ3) is 2.88. The monoisotopic (exact) mass is 158 g/mol. The van der Waals surface area contributed by atoms with Crippen LogP contribution in [0, 0.1) is 0 Å². The molecule has 0 saturated carbocycles. The molecule has 0 aromatic heterocycles. The quantitative estimate of drug-likeness (QED) is 0.415. The summed E-state index contributed by atoms with van der Waals surface area (Å²) in [6.45, 7) is 2.03. The highest BCUT2D eigenvalue weighted by atomic mass is 16.8. The van der Waals surface area contributed by atoms with E-state index >= 15 is 0 Å². The topological polar surface area (TPSA) is 59.8 Å². The fraction of sp³-hybridized carbons (Fsp3) is 0.714. The number of ether oxygens (including phenoxy) is 2. The Bertz CT molecular complexity index is 147. The fourth-order valence-corrected chi connectivity index (χ4v) is 0.734. The number of nitrogens with one attached hydrogen (secondary N) is 1. The standard InChI is InChI=1S/C7H14N2O2/c1-9-4-5-10-7-6(11-7)2-3-8/h2,7,9H,3-5,8H2,1H3/b6-2-. The molecule has 1 fully saturated rings. The summed E-state index contributed by atoms with van der Waals surface area (Å²) >= 11 is 0. The van der Waals surface area contributed by atoms with Gasteiger partial charge in [-0.3, -0.25) is 0 Å². The van der Waals surface area contributed by atoms with Crippen molar-refractivity contribution >= 4 is 0 Å². The average molecular weight is 158 g/mol. The van der Waals surface area contributed by atoms with E-state index in [1.165, 1.54) is 0 Å². The fourth-order valence-electron chi connectivity index (χ4n) is 0.734. The summed E-state index contributed by atoms with van der Waals surface area (Å²) in [5.41, 5.74) is 5.26. The second kappa shape index (κ2) is 4.33. The largest absolute Gasteiger partial charge is 0.455 e. The normalized spacial score (nSPS) is 25.3. The van der Waals surface area contributed by atoms with Crippen LogP contribution in [-0.4, -0.2) is 33.0 Å². The molecule has 64 valence electrons. The van der Waals surface area contributed by atoms with Gasteiger partial charge in [0.1, 0.15) is 0 Å². The summed E-state index contributed by atoms with van der Waals surface area (Å²) in [6, 6.07) is 0. The lowest BCUT2D eigenvalue weighted by molar-refractivity contribution is 0.0529. The molecule has 1 rings (SSSR count). The Morgan fingerprint density at radius 1 is 1.82 bits per heavy atom. The van der Waals surface area contributed by atoms with Crippen molar-refractivity contribution in [2.75, 3.05) is 26.7 Å². The lowest BCUT2D eigenvalue weighted by Gasteiger charge is -1.95. The summed E-state index contributed by atoms with van der Waals surface area (Å²) in [4.78, 5) is 0. The molecule has 0 aromatic carbocycles. The van der Waals surface area contributed by atoms with Gasteiger partial charge in [0, 0.05) is 13.1 Å². The molecule has 1 atom stereocenters. The van der Waals surface area contributed by atoms with Crippen molar-refractivity contribution in [2.24, 2.45) is 5.73 Å². The summed E-state index contributed by atoms with van der Waals surface area (Å²) in [6.07, 6.45) is 1.70. The Kier molecular flexibility index (Phi) is 3.35. The molecule has 1 saturated heterocycles. The molecule has 0 aromatic rings. The predicted molar refractivity (Wildman–Crippen MR) is 41.9 cm³/mol. The van der Waals surface area contributed by atoms with Crippen molar-refractivity contribution < 1.29 is 9.47 Å². The van der Waals surface area contributed by atoms with Crippen molar-refractivity contribution in [1.82, 2.24) is 5.32 Å². The van der Waals surface area contributed by atoms with Gasteiger partial charge in [0.25, 0.3) is 6.29 Å². The SMILES string of the molecule is CNCCOC1O/C1=C\CN. The number of hydrogen-bond acceptors (Lipinski definition) is 4. The van der Waals surface area contributed by atoms with Gasteiger partial charge in [-0.2, -0.15) is 0 Å². The highest BCUT2D eigenvalue weighted by Gasteiger charge is 2.32. The molecular weight excluding hydrogens is 144 g/mol. The molecule has 0 radical (unpaired) electrons. The third-order valence-electron chi connectivity index (χ3n) is 1.36. The second-order valence-corrected chi connectivity index (χ2v) is 2.27. The lowest BCUT2D eigenvalue weighted by Crippen LogP contribution is -2.14. The van der Waals surface area contributed by atoms with Crippen molar-refractivity contribution in [3.63, 3.8) is 0 Å². The van der Waals surface area contributed by atoms with Gasteiger partial charge in [0.2, 0.25) is 0 Å². The van der Waals surface area contributed by atoms with Crippen LogP contribution in [0.1, 0.15) is 0 Å². The molecule has 1 aliphatic rings. The van der Waals surface area contributed by atoms with E-state index in [2.05, 4.69) is 5.32 Å². The summed E-state index contributed by atoms with van der Waals surface area (Å²) in [7, 11) is 1.88. The molecule has 0 aliphatic carbocycles. The van der Waals surface area contributed by atoms with Crippen molar-refractivity contribution in [2.45, 2.75) is 6.29 Å². The van der Waals surface area contributed by atoms with E-state index in [1.54, 1.807) is 0 Å². The molecule has 4 nitrogen and oxygen atoms in total. The van der Waals surface area contributed by atoms with Gasteiger partial charge in [-0.15, -0.1) is 0 Å². The Morgan fingerprint density at radius 2 is 2.64 bits per heavy atom. The van der Waals surface area contributed by atoms with E-state index in [4.69, 9.17) is 15.2 Å². The second-order valence-electron chi connectivity index (χ2n) is 2.27. The van der Waals surface area contributed by atoms with Gasteiger partial charge in [-0.25, -0.2) is 0 Å². The maximum atomic E-state index is 5.26. The molecule has 0 spiro atoms. The minimum Gasteiger partial charge on any atom is -0.455 e. The molecule has 11 heavy (non-hydrogen) atoms. The number of likely N-dealkylation sites (N-methyl/N-ethyl adjacent to an activating group) is 1. The Morgan fingerprint density at radius 3 is 3.27 bits per heavy atom. The van der Waals surface area contributed by atoms with Gasteiger partial charge in [-0.05, 0) is 13.1 Å². The zero-order chi connectivity index (χ0) is 8.10. The zero-order valence-corrected chi connectivity index (χ0v) is 6.67. The molecule has 1 unspecified atom stereocenters. The van der Waals surface area contributed by atoms with E-state index in [0.717, 1.165) is 12.3 Å². The van der Waals surface area contributed by atoms with Crippen LogP contribution in [0.15, 0.2) is 11.8 Å². The van der Waals surface area contributed by atoms with Crippen LogP contribution in [-0.2, 0) is 9.47 Å². The summed E-state index contributed by atoms with van der Waals surface area (Å²) in [5, 5.41) is 2.97. The van der Waals surface area contributed by atoms with Crippen LogP contribution in [0.5, 0.6) is 0 Å². The van der Waals surface area contributed by atoms with Crippen molar-refractivity contribution in [3.8, 4) is 0 Å². The van der Waals surface area contributed by atoms with Gasteiger partial charge in [0.05, 0.1) is 6.61 Å². The Hall–Kier alpha value is -0.580. The molecule has 1 heterocycles. The number of rotatable bonds is 5. The average Bonchev–Trinajstić information content (AvgIpc) is 2.70. The maximum absolute atomic E-state index is 5.26. The first-order chi connectivity index (χ1) is 5.38. The zero-order valence-electron chi connectivity index (χ0n) is 6.67. The lowest BCUT2D eigenvalue weighted by atomic mass is 10.5. The predicted octanol–water partition coefficient (Wildman–Crippen LogP) is -0.579. The first kappa shape index (κ1) is 8.52. The highest BCUT2D eigenvalue weighted by Crippen LogP contribution is 2.26. The molecule has 0 bridgehead atoms. The van der Waals surface area contributed by atoms with Crippen LogP contribution < -0.4 is 11.1 Å². The molecule has 0 amide bonds. The minimum atomic E-state index is -0.119. The first-order valence-electron chi connectivity index (χ1n) is 3.71.